The molecule has 0 amide bonds. The van der Waals surface area contributed by atoms with E-state index in [0.29, 0.717) is 27.2 Å². The van der Waals surface area contributed by atoms with Crippen molar-refractivity contribution in [1.29, 1.82) is 5.41 Å². The summed E-state index contributed by atoms with van der Waals surface area (Å²) in [6.45, 7) is 4.46. The van der Waals surface area contributed by atoms with E-state index in [-0.39, 0.29) is 23.6 Å². The van der Waals surface area contributed by atoms with Gasteiger partial charge in [0.05, 0.1) is 24.0 Å². The normalized spacial score (nSPS) is 11.3. The number of rotatable bonds is 9. The number of pyridine rings is 1. The van der Waals surface area contributed by atoms with Crippen LogP contribution in [0.3, 0.4) is 0 Å². The molecule has 0 saturated heterocycles. The van der Waals surface area contributed by atoms with Crippen molar-refractivity contribution in [2.75, 3.05) is 11.9 Å². The van der Waals surface area contributed by atoms with Crippen molar-refractivity contribution in [3.05, 3.63) is 85.0 Å². The molecule has 0 atom stereocenters. The van der Waals surface area contributed by atoms with Crippen molar-refractivity contribution in [2.24, 2.45) is 0 Å². The monoisotopic (exact) mass is 462 g/mol. The Labute approximate surface area is 186 Å². The van der Waals surface area contributed by atoms with Gasteiger partial charge in [-0.3, -0.25) is 0 Å². The highest BCUT2D eigenvalue weighted by molar-refractivity contribution is 6.09. The number of nitrogens with one attached hydrogen (secondary N) is 3. The molecule has 0 aliphatic rings. The summed E-state index contributed by atoms with van der Waals surface area (Å²) < 4.78 is 65.1. The molecule has 0 aliphatic carbocycles. The van der Waals surface area contributed by atoms with E-state index >= 15 is 0 Å². The van der Waals surface area contributed by atoms with Gasteiger partial charge >= 0.3 is 12.7 Å². The van der Waals surface area contributed by atoms with E-state index in [2.05, 4.69) is 33.9 Å². The van der Waals surface area contributed by atoms with Crippen LogP contribution in [0.1, 0.15) is 17.7 Å². The van der Waals surface area contributed by atoms with Gasteiger partial charge in [0.1, 0.15) is 5.82 Å². The van der Waals surface area contributed by atoms with Crippen LogP contribution in [0, 0.1) is 5.41 Å². The van der Waals surface area contributed by atoms with Crippen LogP contribution >= 0.6 is 0 Å². The van der Waals surface area contributed by atoms with Crippen LogP contribution in [0.15, 0.2) is 73.9 Å². The Morgan fingerprint density at radius 2 is 1.88 bits per heavy atom. The fourth-order valence-corrected chi connectivity index (χ4v) is 2.93. The van der Waals surface area contributed by atoms with E-state index in [1.807, 2.05) is 0 Å². The van der Waals surface area contributed by atoms with E-state index in [1.54, 1.807) is 0 Å². The molecule has 3 rings (SSSR count). The van der Waals surface area contributed by atoms with Crippen molar-refractivity contribution in [2.45, 2.75) is 12.7 Å². The first-order valence-electron chi connectivity index (χ1n) is 9.49. The maximum absolute atomic E-state index is 13.0. The maximum Gasteiger partial charge on any atom is 0.416 e. The fraction of sp³-hybridized carbons (Fsp3) is 0.136. The molecule has 2 heterocycles. The zero-order valence-corrected chi connectivity index (χ0v) is 17.1. The van der Waals surface area contributed by atoms with Gasteiger partial charge in [0, 0.05) is 34.9 Å². The molecule has 0 unspecified atom stereocenters. The quantitative estimate of drug-likeness (QED) is 0.215. The molecule has 0 aliphatic heterocycles. The summed E-state index contributed by atoms with van der Waals surface area (Å²) in [5, 5.41) is 18.0. The van der Waals surface area contributed by atoms with Crippen LogP contribution in [0.5, 0.6) is 0 Å². The molecule has 6 nitrogen and oxygen atoms in total. The molecule has 0 spiro atoms. The third kappa shape index (κ3) is 5.62. The zero-order valence-electron chi connectivity index (χ0n) is 17.1. The summed E-state index contributed by atoms with van der Waals surface area (Å²) in [5.74, 6) is 0.160. The lowest BCUT2D eigenvalue weighted by atomic mass is 9.99. The van der Waals surface area contributed by atoms with Gasteiger partial charge in [-0.15, -0.1) is 0 Å². The molecule has 1 aromatic carbocycles. The lowest BCUT2D eigenvalue weighted by molar-refractivity contribution is -0.137. The summed E-state index contributed by atoms with van der Waals surface area (Å²) >= 11 is 0. The van der Waals surface area contributed by atoms with Crippen molar-refractivity contribution < 1.29 is 22.0 Å². The second kappa shape index (κ2) is 9.63. The topological polar surface area (TPSA) is 78.6 Å². The molecular formula is C22H19F5N6. The lowest BCUT2D eigenvalue weighted by Gasteiger charge is -2.17. The van der Waals surface area contributed by atoms with E-state index in [4.69, 9.17) is 5.41 Å². The van der Waals surface area contributed by atoms with Gasteiger partial charge in [-0.05, 0) is 42.0 Å². The molecule has 33 heavy (non-hydrogen) atoms. The summed E-state index contributed by atoms with van der Waals surface area (Å²) in [4.78, 5) is 4.22. The van der Waals surface area contributed by atoms with Crippen molar-refractivity contribution in [1.82, 2.24) is 20.1 Å². The van der Waals surface area contributed by atoms with E-state index in [1.165, 1.54) is 36.7 Å². The van der Waals surface area contributed by atoms with Gasteiger partial charge in [-0.1, -0.05) is 13.2 Å². The number of nitrogens with zero attached hydrogens (tertiary/aromatic N) is 3. The summed E-state index contributed by atoms with van der Waals surface area (Å²) in [7, 11) is 0. The highest BCUT2D eigenvalue weighted by Gasteiger charge is 2.30. The Bertz CT molecular complexity index is 1160. The van der Waals surface area contributed by atoms with Gasteiger partial charge in [0.25, 0.3) is 0 Å². The molecule has 3 N–H and O–H groups in total. The highest BCUT2D eigenvalue weighted by atomic mass is 19.4. The van der Waals surface area contributed by atoms with Crippen LogP contribution in [0.4, 0.5) is 33.5 Å². The Morgan fingerprint density at radius 3 is 2.45 bits per heavy atom. The number of halogens is 5. The summed E-state index contributed by atoms with van der Waals surface area (Å²) in [6, 6.07) is 5.84. The van der Waals surface area contributed by atoms with Crippen molar-refractivity contribution in [3.63, 3.8) is 0 Å². The zero-order chi connectivity index (χ0) is 24.2. The molecule has 3 aromatic rings. The van der Waals surface area contributed by atoms with Crippen molar-refractivity contribution in [3.8, 4) is 11.1 Å². The summed E-state index contributed by atoms with van der Waals surface area (Å²) in [6.07, 6.45) is 0.749. The first-order valence-corrected chi connectivity index (χ1v) is 9.49. The predicted molar refractivity (Wildman–Crippen MR) is 116 cm³/mol. The molecule has 172 valence electrons. The van der Waals surface area contributed by atoms with Gasteiger partial charge < -0.3 is 16.0 Å². The first-order chi connectivity index (χ1) is 15.6. The SMILES string of the molecule is C=CC(=C)NCC(=N)c1c(-c2cnn(C(F)F)c2)ccnc1Nc1ccc(C(F)(F)F)cc1. The predicted octanol–water partition coefficient (Wildman–Crippen LogP) is 5.76. The molecule has 11 heteroatoms. The van der Waals surface area contributed by atoms with E-state index in [0.717, 1.165) is 18.3 Å². The molecule has 0 radical (unpaired) electrons. The van der Waals surface area contributed by atoms with Crippen LogP contribution < -0.4 is 10.6 Å². The average molecular weight is 462 g/mol. The largest absolute Gasteiger partial charge is 0.416 e. The Hall–Kier alpha value is -4.02. The van der Waals surface area contributed by atoms with Crippen LogP contribution in [0.2, 0.25) is 0 Å². The second-order valence-electron chi connectivity index (χ2n) is 6.83. The minimum absolute atomic E-state index is 0.00816. The number of aromatic nitrogens is 3. The Balaban J connectivity index is 2.02. The standard InChI is InChI=1S/C22H19F5N6/c1-3-13(2)30-11-18(28)19-17(14-10-31-33(12-14)21(23)24)8-9-29-20(19)32-16-6-4-15(5-7-16)22(25,26)27/h3-10,12,21,28,30H,1-2,11H2,(H,29,32). The number of hydrogen-bond acceptors (Lipinski definition) is 5. The number of benzene rings is 1. The average Bonchev–Trinajstić information content (AvgIpc) is 3.27. The lowest BCUT2D eigenvalue weighted by Crippen LogP contribution is -2.23. The minimum Gasteiger partial charge on any atom is -0.380 e. The number of alkyl halides is 5. The van der Waals surface area contributed by atoms with Crippen LogP contribution in [0.25, 0.3) is 11.1 Å². The first kappa shape index (κ1) is 23.6. The summed E-state index contributed by atoms with van der Waals surface area (Å²) in [5.41, 5.74) is 0.948. The van der Waals surface area contributed by atoms with E-state index < -0.39 is 18.3 Å². The van der Waals surface area contributed by atoms with Gasteiger partial charge in [-0.25, -0.2) is 9.67 Å². The van der Waals surface area contributed by atoms with E-state index in [9.17, 15) is 22.0 Å². The third-order valence-corrected chi connectivity index (χ3v) is 4.58. The number of hydrogen-bond donors (Lipinski definition) is 3. The number of allylic oxidation sites excluding steroid dienone is 1. The molecular weight excluding hydrogens is 443 g/mol. The van der Waals surface area contributed by atoms with Crippen molar-refractivity contribution >= 4 is 17.2 Å². The Kier molecular flexibility index (Phi) is 6.90. The molecule has 0 saturated carbocycles. The minimum atomic E-state index is -4.48. The fourth-order valence-electron chi connectivity index (χ4n) is 2.93. The molecule has 0 fully saturated rings. The Morgan fingerprint density at radius 1 is 1.18 bits per heavy atom. The maximum atomic E-state index is 13.0. The molecule has 0 bridgehead atoms. The van der Waals surface area contributed by atoms with Gasteiger partial charge in [0.15, 0.2) is 0 Å². The second-order valence-corrected chi connectivity index (χ2v) is 6.83. The smallest absolute Gasteiger partial charge is 0.380 e. The third-order valence-electron chi connectivity index (χ3n) is 4.58. The van der Waals surface area contributed by atoms with Gasteiger partial charge in [0.2, 0.25) is 0 Å². The van der Waals surface area contributed by atoms with Crippen LogP contribution in [-0.4, -0.2) is 27.0 Å². The molecule has 2 aromatic heterocycles. The highest BCUT2D eigenvalue weighted by Crippen LogP contribution is 2.33. The number of anilines is 2. The van der Waals surface area contributed by atoms with Crippen LogP contribution in [-0.2, 0) is 6.18 Å². The van der Waals surface area contributed by atoms with Gasteiger partial charge in [-0.2, -0.15) is 27.1 Å².